The van der Waals surface area contributed by atoms with Crippen LogP contribution in [0.25, 0.3) is 0 Å². The zero-order valence-electron chi connectivity index (χ0n) is 13.1. The molecule has 2 saturated heterocycles. The molecule has 8 heteroatoms. The molecular formula is C14H23N3O3S2. The number of rotatable bonds is 3. The average Bonchev–Trinajstić information content (AvgIpc) is 2.52. The molecule has 2 amide bonds. The second-order valence-corrected chi connectivity index (χ2v) is 7.33. The van der Waals surface area contributed by atoms with Crippen molar-refractivity contribution in [2.24, 2.45) is 0 Å². The summed E-state index contributed by atoms with van der Waals surface area (Å²) in [6, 6.07) is 0.201. The van der Waals surface area contributed by atoms with Crippen molar-refractivity contribution < 1.29 is 14.3 Å². The molecule has 0 aromatic heterocycles. The summed E-state index contributed by atoms with van der Waals surface area (Å²) in [5.74, 6) is 0.502. The van der Waals surface area contributed by atoms with Crippen LogP contribution < -0.4 is 0 Å². The van der Waals surface area contributed by atoms with Crippen LogP contribution in [0.1, 0.15) is 19.3 Å². The molecule has 2 fully saturated rings. The fourth-order valence-electron chi connectivity index (χ4n) is 2.67. The number of piperidine rings is 1. The lowest BCUT2D eigenvalue weighted by atomic mass is 10.0. The van der Waals surface area contributed by atoms with E-state index in [-0.39, 0.29) is 18.0 Å². The van der Waals surface area contributed by atoms with E-state index in [4.69, 9.17) is 17.0 Å². The number of carbonyl (C=O) groups is 2. The molecule has 22 heavy (non-hydrogen) atoms. The monoisotopic (exact) mass is 345 g/mol. The molecule has 0 spiro atoms. The van der Waals surface area contributed by atoms with Crippen molar-refractivity contribution in [3.8, 4) is 0 Å². The van der Waals surface area contributed by atoms with Crippen molar-refractivity contribution in [2.45, 2.75) is 25.3 Å². The number of likely N-dealkylation sites (tertiary alicyclic amines) is 1. The largest absolute Gasteiger partial charge is 0.449 e. The predicted molar refractivity (Wildman–Crippen MR) is 91.0 cm³/mol. The van der Waals surface area contributed by atoms with E-state index in [0.717, 1.165) is 30.1 Å². The Labute approximate surface area is 141 Å². The topological polar surface area (TPSA) is 53.1 Å². The first-order valence-electron chi connectivity index (χ1n) is 7.54. The van der Waals surface area contributed by atoms with Crippen molar-refractivity contribution in [1.29, 1.82) is 0 Å². The summed E-state index contributed by atoms with van der Waals surface area (Å²) < 4.78 is 5.81. The average molecular weight is 345 g/mol. The number of thioether (sulfide) groups is 1. The second kappa shape index (κ2) is 8.01. The molecule has 2 aliphatic heterocycles. The minimum absolute atomic E-state index is 0.119. The van der Waals surface area contributed by atoms with Gasteiger partial charge in [-0.25, -0.2) is 4.79 Å². The van der Waals surface area contributed by atoms with Crippen molar-refractivity contribution in [3.63, 3.8) is 0 Å². The van der Waals surface area contributed by atoms with Gasteiger partial charge in [-0.15, -0.1) is 0 Å². The molecule has 0 bridgehead atoms. The number of amides is 2. The normalized spacial score (nSPS) is 19.8. The second-order valence-electron chi connectivity index (χ2n) is 5.72. The van der Waals surface area contributed by atoms with Crippen LogP contribution in [0.4, 0.5) is 4.79 Å². The van der Waals surface area contributed by atoms with Crippen LogP contribution in [0.5, 0.6) is 0 Å². The summed E-state index contributed by atoms with van der Waals surface area (Å²) in [7, 11) is 3.76. The Hall–Kier alpha value is -1.02. The first-order chi connectivity index (χ1) is 10.5. The molecule has 2 heterocycles. The molecule has 2 aliphatic rings. The molecule has 0 radical (unpaired) electrons. The number of cyclic esters (lactones) is 1. The number of hydrogen-bond acceptors (Lipinski definition) is 5. The molecule has 0 saturated carbocycles. The summed E-state index contributed by atoms with van der Waals surface area (Å²) in [5, 5.41) is 0. The Bertz CT molecular complexity index is 437. The summed E-state index contributed by atoms with van der Waals surface area (Å²) in [6.45, 7) is 2.69. The first-order valence-corrected chi connectivity index (χ1v) is 8.93. The van der Waals surface area contributed by atoms with Crippen LogP contribution in [0.15, 0.2) is 0 Å². The van der Waals surface area contributed by atoms with Gasteiger partial charge in [-0.3, -0.25) is 4.79 Å². The summed E-state index contributed by atoms with van der Waals surface area (Å²) in [6.07, 6.45) is 2.33. The summed E-state index contributed by atoms with van der Waals surface area (Å²) >= 11 is 6.57. The molecule has 0 unspecified atom stereocenters. The quantitative estimate of drug-likeness (QED) is 0.721. The van der Waals surface area contributed by atoms with Gasteiger partial charge in [0, 0.05) is 39.8 Å². The van der Waals surface area contributed by atoms with E-state index in [0.29, 0.717) is 25.4 Å². The maximum atomic E-state index is 12.2. The maximum absolute atomic E-state index is 12.2. The number of ether oxygens (including phenoxy) is 1. The van der Waals surface area contributed by atoms with Crippen molar-refractivity contribution in [2.75, 3.05) is 46.1 Å². The van der Waals surface area contributed by atoms with Gasteiger partial charge >= 0.3 is 6.09 Å². The molecule has 0 N–H and O–H groups in total. The van der Waals surface area contributed by atoms with E-state index in [9.17, 15) is 9.59 Å². The lowest BCUT2D eigenvalue weighted by Crippen LogP contribution is -2.51. The molecule has 0 atom stereocenters. The first kappa shape index (κ1) is 17.3. The third-order valence-electron chi connectivity index (χ3n) is 3.95. The van der Waals surface area contributed by atoms with Gasteiger partial charge in [0.2, 0.25) is 5.91 Å². The Morgan fingerprint density at radius 2 is 2.05 bits per heavy atom. The van der Waals surface area contributed by atoms with Gasteiger partial charge in [0.1, 0.15) is 4.32 Å². The van der Waals surface area contributed by atoms with Crippen molar-refractivity contribution >= 4 is 40.3 Å². The predicted octanol–water partition coefficient (Wildman–Crippen LogP) is 1.40. The highest BCUT2D eigenvalue weighted by molar-refractivity contribution is 8.23. The van der Waals surface area contributed by atoms with Crippen LogP contribution >= 0.6 is 24.0 Å². The zero-order valence-corrected chi connectivity index (χ0v) is 14.8. The third kappa shape index (κ3) is 4.49. The highest BCUT2D eigenvalue weighted by atomic mass is 32.2. The van der Waals surface area contributed by atoms with Gasteiger partial charge in [0.05, 0.1) is 12.4 Å². The van der Waals surface area contributed by atoms with Crippen LogP contribution in [0.2, 0.25) is 0 Å². The molecule has 0 aliphatic carbocycles. The fourth-order valence-corrected chi connectivity index (χ4v) is 3.54. The van der Waals surface area contributed by atoms with E-state index in [1.54, 1.807) is 0 Å². The minimum atomic E-state index is -0.206. The van der Waals surface area contributed by atoms with E-state index in [2.05, 4.69) is 0 Å². The highest BCUT2D eigenvalue weighted by Crippen LogP contribution is 2.21. The Morgan fingerprint density at radius 1 is 1.36 bits per heavy atom. The SMILES string of the molecule is CN(C)C(=S)SCC(=O)N1CCC(N2CCCOC2=O)CC1. The highest BCUT2D eigenvalue weighted by Gasteiger charge is 2.31. The third-order valence-corrected chi connectivity index (χ3v) is 5.67. The lowest BCUT2D eigenvalue weighted by molar-refractivity contribution is -0.129. The summed E-state index contributed by atoms with van der Waals surface area (Å²) in [5.41, 5.74) is 0. The maximum Gasteiger partial charge on any atom is 0.410 e. The standard InChI is InChI=1S/C14H23N3O3S2/c1-15(2)14(21)22-10-12(18)16-7-4-11(5-8-16)17-6-3-9-20-13(17)19/h11H,3-10H2,1-2H3. The number of nitrogens with zero attached hydrogens (tertiary/aromatic N) is 3. The summed E-state index contributed by atoms with van der Waals surface area (Å²) in [4.78, 5) is 29.5. The Kier molecular flexibility index (Phi) is 6.31. The number of hydrogen-bond donors (Lipinski definition) is 0. The minimum Gasteiger partial charge on any atom is -0.449 e. The molecule has 0 aromatic carbocycles. The van der Waals surface area contributed by atoms with Crippen LogP contribution in [-0.4, -0.2) is 83.2 Å². The van der Waals surface area contributed by atoms with E-state index in [1.165, 1.54) is 11.8 Å². The van der Waals surface area contributed by atoms with Gasteiger partial charge in [-0.2, -0.15) is 0 Å². The zero-order chi connectivity index (χ0) is 16.1. The molecule has 124 valence electrons. The van der Waals surface area contributed by atoms with Crippen molar-refractivity contribution in [1.82, 2.24) is 14.7 Å². The number of thiocarbonyl (C=S) groups is 1. The smallest absolute Gasteiger partial charge is 0.410 e. The van der Waals surface area contributed by atoms with Gasteiger partial charge in [0.15, 0.2) is 0 Å². The van der Waals surface area contributed by atoms with E-state index < -0.39 is 0 Å². The van der Waals surface area contributed by atoms with Gasteiger partial charge in [-0.05, 0) is 19.3 Å². The Balaban J connectivity index is 1.75. The molecule has 2 rings (SSSR count). The van der Waals surface area contributed by atoms with Crippen LogP contribution in [-0.2, 0) is 9.53 Å². The van der Waals surface area contributed by atoms with E-state index >= 15 is 0 Å². The fraction of sp³-hybridized carbons (Fsp3) is 0.786. The molecular weight excluding hydrogens is 322 g/mol. The van der Waals surface area contributed by atoms with Crippen molar-refractivity contribution in [3.05, 3.63) is 0 Å². The van der Waals surface area contributed by atoms with E-state index in [1.807, 2.05) is 28.8 Å². The van der Waals surface area contributed by atoms with Crippen LogP contribution in [0.3, 0.4) is 0 Å². The van der Waals surface area contributed by atoms with Gasteiger partial charge < -0.3 is 19.4 Å². The van der Waals surface area contributed by atoms with Crippen LogP contribution in [0, 0.1) is 0 Å². The van der Waals surface area contributed by atoms with Gasteiger partial charge in [0.25, 0.3) is 0 Å². The van der Waals surface area contributed by atoms with Gasteiger partial charge in [-0.1, -0.05) is 24.0 Å². The molecule has 0 aromatic rings. The number of carbonyl (C=O) groups excluding carboxylic acids is 2. The molecule has 6 nitrogen and oxygen atoms in total. The Morgan fingerprint density at radius 3 is 2.64 bits per heavy atom. The lowest BCUT2D eigenvalue weighted by Gasteiger charge is -2.39.